The first-order valence-electron chi connectivity index (χ1n) is 11.6. The molecule has 0 aliphatic carbocycles. The van der Waals surface area contributed by atoms with Crippen molar-refractivity contribution < 1.29 is 9.53 Å². The first-order valence-corrected chi connectivity index (χ1v) is 11.9. The Morgan fingerprint density at radius 1 is 1.34 bits per heavy atom. The van der Waals surface area contributed by atoms with Crippen LogP contribution in [0, 0.1) is 0 Å². The number of unbranched alkanes of at least 4 members (excludes halogenated alkanes) is 1. The molecule has 2 aliphatic rings. The van der Waals surface area contributed by atoms with Crippen LogP contribution in [0.1, 0.15) is 48.1 Å². The Bertz CT molecular complexity index is 1100. The summed E-state index contributed by atoms with van der Waals surface area (Å²) in [5, 5.41) is 4.89. The second-order valence-electron chi connectivity index (χ2n) is 8.86. The molecule has 2 aliphatic heterocycles. The van der Waals surface area contributed by atoms with Crippen LogP contribution in [0.4, 0.5) is 0 Å². The quantitative estimate of drug-likeness (QED) is 0.542. The molecule has 0 radical (unpaired) electrons. The van der Waals surface area contributed by atoms with Crippen LogP contribution >= 0.6 is 11.6 Å². The third kappa shape index (κ3) is 4.17. The summed E-state index contributed by atoms with van der Waals surface area (Å²) >= 11 is 6.61. The van der Waals surface area contributed by atoms with E-state index in [4.69, 9.17) is 16.3 Å². The van der Waals surface area contributed by atoms with Crippen molar-refractivity contribution in [3.05, 3.63) is 52.7 Å². The predicted octanol–water partition coefficient (Wildman–Crippen LogP) is 3.76. The lowest BCUT2D eigenvalue weighted by atomic mass is 10.0. The van der Waals surface area contributed by atoms with E-state index in [0.29, 0.717) is 23.4 Å². The van der Waals surface area contributed by atoms with Crippen LogP contribution in [-0.2, 0) is 24.2 Å². The molecule has 7 nitrogen and oxygen atoms in total. The van der Waals surface area contributed by atoms with Crippen molar-refractivity contribution in [1.29, 1.82) is 0 Å². The van der Waals surface area contributed by atoms with E-state index in [1.807, 2.05) is 16.7 Å². The number of nitrogens with one attached hydrogen (secondary N) is 2. The molecule has 1 atom stereocenters. The second kappa shape index (κ2) is 9.25. The largest absolute Gasteiger partial charge is 0.378 e. The zero-order valence-corrected chi connectivity index (χ0v) is 19.2. The number of carbonyl (C=O) groups is 1. The molecule has 1 unspecified atom stereocenters. The number of imidazole rings is 1. The third-order valence-corrected chi connectivity index (χ3v) is 7.06. The summed E-state index contributed by atoms with van der Waals surface area (Å²) in [5.41, 5.74) is 2.68. The Kier molecular flexibility index (Phi) is 6.22. The van der Waals surface area contributed by atoms with E-state index in [1.54, 1.807) is 0 Å². The highest BCUT2D eigenvalue weighted by Crippen LogP contribution is 2.26. The Labute approximate surface area is 193 Å². The molecule has 170 valence electrons. The number of benzene rings is 1. The van der Waals surface area contributed by atoms with Crippen LogP contribution in [0.3, 0.4) is 0 Å². The Morgan fingerprint density at radius 3 is 2.97 bits per heavy atom. The number of hydrogen-bond acceptors (Lipinski definition) is 4. The summed E-state index contributed by atoms with van der Waals surface area (Å²) in [5.74, 6) is 0.677. The lowest BCUT2D eigenvalue weighted by Gasteiger charge is -2.39. The molecular weight excluding hydrogens is 426 g/mol. The number of carbonyl (C=O) groups excluding carboxylic acids is 1. The molecule has 1 saturated heterocycles. The van der Waals surface area contributed by atoms with Crippen molar-refractivity contribution in [3.8, 4) is 0 Å². The average Bonchev–Trinajstić information content (AvgIpc) is 3.32. The Hall–Kier alpha value is -2.35. The lowest BCUT2D eigenvalue weighted by Crippen LogP contribution is -2.51. The van der Waals surface area contributed by atoms with Crippen LogP contribution in [0.2, 0.25) is 5.15 Å². The van der Waals surface area contributed by atoms with Gasteiger partial charge in [0.1, 0.15) is 11.0 Å². The maximum absolute atomic E-state index is 13.2. The standard InChI is InChI=1S/C24H30ClN5O2/c1-2-3-6-17(11-16-12-26-20-8-5-4-7-19(16)20)27-24(31)22-23(25)30-10-9-29(13-21(30)28-22)18-14-32-15-18/h4-5,7-8,12,17-18,26H,2-3,6,9-11,13-15H2,1H3,(H,27,31). The van der Waals surface area contributed by atoms with Crippen LogP contribution in [0.5, 0.6) is 0 Å². The smallest absolute Gasteiger partial charge is 0.273 e. The Morgan fingerprint density at radius 2 is 2.19 bits per heavy atom. The fraction of sp³-hybridized carbons (Fsp3) is 0.500. The minimum atomic E-state index is -0.184. The minimum Gasteiger partial charge on any atom is -0.378 e. The maximum atomic E-state index is 13.2. The number of amides is 1. The normalized spacial score (nSPS) is 17.8. The van der Waals surface area contributed by atoms with E-state index >= 15 is 0 Å². The van der Waals surface area contributed by atoms with Crippen molar-refractivity contribution in [1.82, 2.24) is 24.8 Å². The average molecular weight is 456 g/mol. The molecular formula is C24H30ClN5O2. The summed E-state index contributed by atoms with van der Waals surface area (Å²) in [6.45, 7) is 6.07. The lowest BCUT2D eigenvalue weighted by molar-refractivity contribution is -0.0734. The Balaban J connectivity index is 1.32. The van der Waals surface area contributed by atoms with Gasteiger partial charge in [-0.15, -0.1) is 0 Å². The van der Waals surface area contributed by atoms with E-state index in [1.165, 1.54) is 10.9 Å². The maximum Gasteiger partial charge on any atom is 0.273 e. The van der Waals surface area contributed by atoms with Gasteiger partial charge in [0.05, 0.1) is 25.8 Å². The number of hydrogen-bond donors (Lipinski definition) is 2. The number of ether oxygens (including phenoxy) is 1. The van der Waals surface area contributed by atoms with Crippen molar-refractivity contribution >= 4 is 28.4 Å². The second-order valence-corrected chi connectivity index (χ2v) is 9.22. The summed E-state index contributed by atoms with van der Waals surface area (Å²) in [6.07, 6.45) is 5.88. The number of para-hydroxylation sites is 1. The van der Waals surface area contributed by atoms with Gasteiger partial charge in [0.2, 0.25) is 0 Å². The van der Waals surface area contributed by atoms with Gasteiger partial charge in [0.15, 0.2) is 5.69 Å². The van der Waals surface area contributed by atoms with Gasteiger partial charge < -0.3 is 19.6 Å². The van der Waals surface area contributed by atoms with Gasteiger partial charge in [0.25, 0.3) is 5.91 Å². The summed E-state index contributed by atoms with van der Waals surface area (Å²) < 4.78 is 7.31. The molecule has 5 rings (SSSR count). The topological polar surface area (TPSA) is 75.2 Å². The molecule has 0 spiro atoms. The van der Waals surface area contributed by atoms with Crippen LogP contribution < -0.4 is 5.32 Å². The number of aromatic amines is 1. The molecule has 2 N–H and O–H groups in total. The van der Waals surface area contributed by atoms with E-state index in [-0.39, 0.29) is 11.9 Å². The SMILES string of the molecule is CCCCC(Cc1c[nH]c2ccccc12)NC(=O)c1nc2n(c1Cl)CCN(C1COC1)C2. The highest BCUT2D eigenvalue weighted by atomic mass is 35.5. The number of H-pyrrole nitrogens is 1. The van der Waals surface area contributed by atoms with E-state index in [9.17, 15) is 4.79 Å². The molecule has 3 aromatic rings. The highest BCUT2D eigenvalue weighted by molar-refractivity contribution is 6.32. The van der Waals surface area contributed by atoms with Gasteiger partial charge in [-0.3, -0.25) is 9.69 Å². The van der Waals surface area contributed by atoms with Crippen molar-refractivity contribution in [3.63, 3.8) is 0 Å². The number of aromatic nitrogens is 3. The molecule has 32 heavy (non-hydrogen) atoms. The fourth-order valence-corrected chi connectivity index (χ4v) is 5.01. The summed E-state index contributed by atoms with van der Waals surface area (Å²) in [7, 11) is 0. The van der Waals surface area contributed by atoms with Crippen molar-refractivity contribution in [2.45, 2.75) is 57.8 Å². The van der Waals surface area contributed by atoms with Crippen molar-refractivity contribution in [2.24, 2.45) is 0 Å². The summed E-state index contributed by atoms with van der Waals surface area (Å²) in [6, 6.07) is 8.76. The van der Waals surface area contributed by atoms with E-state index < -0.39 is 0 Å². The number of rotatable bonds is 8. The zero-order chi connectivity index (χ0) is 22.1. The van der Waals surface area contributed by atoms with Gasteiger partial charge >= 0.3 is 0 Å². The van der Waals surface area contributed by atoms with Gasteiger partial charge in [0, 0.05) is 36.2 Å². The number of fused-ring (bicyclic) bond motifs is 2. The molecule has 8 heteroatoms. The van der Waals surface area contributed by atoms with Gasteiger partial charge in [-0.2, -0.15) is 0 Å². The summed E-state index contributed by atoms with van der Waals surface area (Å²) in [4.78, 5) is 23.6. The molecule has 4 heterocycles. The van der Waals surface area contributed by atoms with Gasteiger partial charge in [-0.25, -0.2) is 4.98 Å². The first-order chi connectivity index (χ1) is 15.6. The fourth-order valence-electron chi connectivity index (χ4n) is 4.70. The van der Waals surface area contributed by atoms with Crippen LogP contribution in [0.15, 0.2) is 30.5 Å². The monoisotopic (exact) mass is 455 g/mol. The highest BCUT2D eigenvalue weighted by Gasteiger charge is 2.32. The minimum absolute atomic E-state index is 0.0278. The third-order valence-electron chi connectivity index (χ3n) is 6.67. The predicted molar refractivity (Wildman–Crippen MR) is 125 cm³/mol. The number of nitrogens with zero attached hydrogens (tertiary/aromatic N) is 3. The molecule has 1 amide bonds. The number of halogens is 1. The first kappa shape index (κ1) is 21.5. The molecule has 2 aromatic heterocycles. The molecule has 0 bridgehead atoms. The van der Waals surface area contributed by atoms with Crippen LogP contribution in [0.25, 0.3) is 10.9 Å². The molecule has 1 fully saturated rings. The zero-order valence-electron chi connectivity index (χ0n) is 18.4. The molecule has 0 saturated carbocycles. The van der Waals surface area contributed by atoms with Gasteiger partial charge in [-0.1, -0.05) is 49.6 Å². The van der Waals surface area contributed by atoms with Crippen LogP contribution in [-0.4, -0.2) is 57.2 Å². The van der Waals surface area contributed by atoms with E-state index in [0.717, 1.165) is 63.3 Å². The van der Waals surface area contributed by atoms with E-state index in [2.05, 4.69) is 45.4 Å². The van der Waals surface area contributed by atoms with Gasteiger partial charge in [-0.05, 0) is 24.5 Å². The molecule has 1 aromatic carbocycles. The van der Waals surface area contributed by atoms with Crippen molar-refractivity contribution in [2.75, 3.05) is 19.8 Å².